The first kappa shape index (κ1) is 17.1. The monoisotopic (exact) mass is 371 g/mol. The lowest BCUT2D eigenvalue weighted by molar-refractivity contribution is -0.146. The number of nitrogens with one attached hydrogen (secondary N) is 1. The number of nitrogens with zero attached hydrogens (tertiary/aromatic N) is 4. The Balaban J connectivity index is 1.49. The zero-order valence-corrected chi connectivity index (χ0v) is 13.5. The lowest BCUT2D eigenvalue weighted by Crippen LogP contribution is -2.26. The number of alkyl carbamates (subject to hydrolysis) is 1. The van der Waals surface area contributed by atoms with Crippen LogP contribution in [-0.4, -0.2) is 32.4 Å². The summed E-state index contributed by atoms with van der Waals surface area (Å²) in [6, 6.07) is 9.17. The zero-order valence-electron chi connectivity index (χ0n) is 12.7. The van der Waals surface area contributed by atoms with E-state index < -0.39 is 18.1 Å². The van der Waals surface area contributed by atoms with Gasteiger partial charge in [0.05, 0.1) is 0 Å². The molecule has 0 aliphatic heterocycles. The van der Waals surface area contributed by atoms with E-state index >= 15 is 0 Å². The number of alkyl halides is 3. The third-order valence-corrected chi connectivity index (χ3v) is 4.07. The Bertz CT molecular complexity index is 862. The van der Waals surface area contributed by atoms with E-state index in [4.69, 9.17) is 4.74 Å². The van der Waals surface area contributed by atoms with E-state index in [1.54, 1.807) is 0 Å². The van der Waals surface area contributed by atoms with Crippen LogP contribution >= 0.6 is 11.3 Å². The SMILES string of the molecule is O=C(NCCc1nn2c(C(F)(F)F)nnc2s1)OCc1ccccc1. The van der Waals surface area contributed by atoms with E-state index in [9.17, 15) is 18.0 Å². The van der Waals surface area contributed by atoms with Crippen LogP contribution in [0.4, 0.5) is 18.0 Å². The van der Waals surface area contributed by atoms with Gasteiger partial charge in [-0.25, -0.2) is 4.79 Å². The highest BCUT2D eigenvalue weighted by Crippen LogP contribution is 2.28. The normalized spacial score (nSPS) is 11.6. The Kier molecular flexibility index (Phi) is 4.83. The Morgan fingerprint density at radius 1 is 1.24 bits per heavy atom. The van der Waals surface area contributed by atoms with Crippen LogP contribution in [0.1, 0.15) is 16.4 Å². The van der Waals surface area contributed by atoms with Gasteiger partial charge in [0.25, 0.3) is 5.82 Å². The zero-order chi connectivity index (χ0) is 17.9. The number of benzene rings is 1. The maximum atomic E-state index is 12.7. The van der Waals surface area contributed by atoms with Crippen LogP contribution in [0.25, 0.3) is 4.96 Å². The van der Waals surface area contributed by atoms with Crippen molar-refractivity contribution in [2.75, 3.05) is 6.54 Å². The fourth-order valence-corrected chi connectivity index (χ4v) is 2.81. The molecule has 0 aliphatic carbocycles. The summed E-state index contributed by atoms with van der Waals surface area (Å²) in [5, 5.41) is 13.3. The molecule has 0 radical (unpaired) electrons. The Hall–Kier alpha value is -2.69. The standard InChI is InChI=1S/C14H12F3N5O2S/c15-14(16,17)11-19-20-12-22(11)21-10(25-12)6-7-18-13(23)24-8-9-4-2-1-3-5-9/h1-5H,6-8H2,(H,18,23). The summed E-state index contributed by atoms with van der Waals surface area (Å²) in [6.07, 6.45) is -4.97. The Morgan fingerprint density at radius 2 is 2.00 bits per heavy atom. The van der Waals surface area contributed by atoms with Gasteiger partial charge in [-0.05, 0) is 5.56 Å². The number of amides is 1. The summed E-state index contributed by atoms with van der Waals surface area (Å²) in [7, 11) is 0. The average molecular weight is 371 g/mol. The highest BCUT2D eigenvalue weighted by atomic mass is 32.1. The van der Waals surface area contributed by atoms with Crippen LogP contribution in [0.2, 0.25) is 0 Å². The molecular formula is C14H12F3N5O2S. The first-order valence-electron chi connectivity index (χ1n) is 7.16. The Morgan fingerprint density at radius 3 is 2.72 bits per heavy atom. The van der Waals surface area contributed by atoms with Gasteiger partial charge in [0.2, 0.25) is 4.96 Å². The van der Waals surface area contributed by atoms with Crippen molar-refractivity contribution in [3.05, 3.63) is 46.7 Å². The molecule has 0 spiro atoms. The van der Waals surface area contributed by atoms with E-state index in [0.29, 0.717) is 9.52 Å². The van der Waals surface area contributed by atoms with Crippen LogP contribution in [0.5, 0.6) is 0 Å². The highest BCUT2D eigenvalue weighted by Gasteiger charge is 2.38. The number of carbonyl (C=O) groups is 1. The number of carbonyl (C=O) groups excluding carboxylic acids is 1. The summed E-state index contributed by atoms with van der Waals surface area (Å²) >= 11 is 0.982. The van der Waals surface area contributed by atoms with E-state index in [0.717, 1.165) is 16.9 Å². The minimum Gasteiger partial charge on any atom is -0.445 e. The predicted molar refractivity (Wildman–Crippen MR) is 82.0 cm³/mol. The summed E-state index contributed by atoms with van der Waals surface area (Å²) < 4.78 is 43.8. The Labute approximate surface area is 143 Å². The van der Waals surface area contributed by atoms with Gasteiger partial charge in [0, 0.05) is 13.0 Å². The smallest absolute Gasteiger partial charge is 0.445 e. The number of rotatable bonds is 5. The number of ether oxygens (including phenoxy) is 1. The number of aromatic nitrogens is 4. The van der Waals surface area contributed by atoms with Gasteiger partial charge < -0.3 is 10.1 Å². The summed E-state index contributed by atoms with van der Waals surface area (Å²) in [4.78, 5) is 11.6. The molecule has 3 aromatic rings. The van der Waals surface area contributed by atoms with E-state index in [-0.39, 0.29) is 24.5 Å². The van der Waals surface area contributed by atoms with Crippen molar-refractivity contribution in [3.8, 4) is 0 Å². The topological polar surface area (TPSA) is 81.4 Å². The molecule has 0 unspecified atom stereocenters. The fraction of sp³-hybridized carbons (Fsp3) is 0.286. The lowest BCUT2D eigenvalue weighted by atomic mass is 10.2. The molecule has 1 amide bonds. The number of hydrogen-bond acceptors (Lipinski definition) is 6. The third-order valence-electron chi connectivity index (χ3n) is 3.11. The van der Waals surface area contributed by atoms with Crippen molar-refractivity contribution < 1.29 is 22.7 Å². The van der Waals surface area contributed by atoms with Gasteiger partial charge in [-0.3, -0.25) is 0 Å². The molecule has 7 nitrogen and oxygen atoms in total. The molecule has 0 atom stereocenters. The van der Waals surface area contributed by atoms with Crippen LogP contribution in [0.15, 0.2) is 30.3 Å². The third kappa shape index (κ3) is 4.24. The van der Waals surface area contributed by atoms with E-state index in [2.05, 4.69) is 20.6 Å². The maximum absolute atomic E-state index is 12.7. The number of halogens is 3. The summed E-state index contributed by atoms with van der Waals surface area (Å²) in [5.41, 5.74) is 0.853. The molecular weight excluding hydrogens is 359 g/mol. The van der Waals surface area contributed by atoms with Crippen LogP contribution in [0, 0.1) is 0 Å². The second kappa shape index (κ2) is 7.05. The molecule has 2 heterocycles. The molecule has 25 heavy (non-hydrogen) atoms. The lowest BCUT2D eigenvalue weighted by Gasteiger charge is -2.06. The minimum atomic E-state index is -4.62. The molecule has 1 N–H and O–H groups in total. The number of hydrogen-bond donors (Lipinski definition) is 1. The maximum Gasteiger partial charge on any atom is 0.453 e. The molecule has 0 saturated heterocycles. The van der Waals surface area contributed by atoms with E-state index in [1.807, 2.05) is 30.3 Å². The second-order valence-corrected chi connectivity index (χ2v) is 5.99. The van der Waals surface area contributed by atoms with Gasteiger partial charge >= 0.3 is 12.3 Å². The largest absolute Gasteiger partial charge is 0.453 e. The molecule has 1 aromatic carbocycles. The van der Waals surface area contributed by atoms with Gasteiger partial charge in [0.15, 0.2) is 0 Å². The van der Waals surface area contributed by atoms with Crippen molar-refractivity contribution in [3.63, 3.8) is 0 Å². The molecule has 132 valence electrons. The van der Waals surface area contributed by atoms with Crippen LogP contribution in [-0.2, 0) is 23.9 Å². The molecule has 3 rings (SSSR count). The minimum absolute atomic E-state index is 0.0500. The molecule has 0 aliphatic rings. The summed E-state index contributed by atoms with van der Waals surface area (Å²) in [5.74, 6) is -1.17. The highest BCUT2D eigenvalue weighted by molar-refractivity contribution is 7.16. The number of fused-ring (bicyclic) bond motifs is 1. The van der Waals surface area contributed by atoms with Gasteiger partial charge in [-0.1, -0.05) is 41.7 Å². The van der Waals surface area contributed by atoms with Crippen LogP contribution in [0.3, 0.4) is 0 Å². The first-order chi connectivity index (χ1) is 11.9. The first-order valence-corrected chi connectivity index (χ1v) is 7.98. The van der Waals surface area contributed by atoms with Crippen molar-refractivity contribution in [1.29, 1.82) is 0 Å². The van der Waals surface area contributed by atoms with Crippen molar-refractivity contribution in [2.45, 2.75) is 19.2 Å². The quantitative estimate of drug-likeness (QED) is 0.746. The molecule has 11 heteroatoms. The van der Waals surface area contributed by atoms with Gasteiger partial charge in [-0.2, -0.15) is 22.8 Å². The van der Waals surface area contributed by atoms with Crippen molar-refractivity contribution >= 4 is 22.4 Å². The molecule has 2 aromatic heterocycles. The fourth-order valence-electron chi connectivity index (χ4n) is 1.98. The second-order valence-electron chi connectivity index (χ2n) is 4.95. The predicted octanol–water partition coefficient (Wildman–Crippen LogP) is 2.67. The van der Waals surface area contributed by atoms with E-state index in [1.165, 1.54) is 0 Å². The molecule has 0 fully saturated rings. The van der Waals surface area contributed by atoms with Gasteiger partial charge in [-0.15, -0.1) is 10.2 Å². The van der Waals surface area contributed by atoms with Crippen LogP contribution < -0.4 is 5.32 Å². The van der Waals surface area contributed by atoms with Gasteiger partial charge in [0.1, 0.15) is 11.6 Å². The molecule has 0 bridgehead atoms. The summed E-state index contributed by atoms with van der Waals surface area (Å²) in [6.45, 7) is 0.317. The van der Waals surface area contributed by atoms with Crippen molar-refractivity contribution in [1.82, 2.24) is 25.1 Å². The molecule has 0 saturated carbocycles. The van der Waals surface area contributed by atoms with Crippen molar-refractivity contribution in [2.24, 2.45) is 0 Å². The average Bonchev–Trinajstić information content (AvgIpc) is 3.13.